The number of aromatic hydroxyl groups is 1. The minimum Gasteiger partial charge on any atom is -0.508 e. The van der Waals surface area contributed by atoms with Crippen molar-refractivity contribution in [2.24, 2.45) is 0 Å². The first kappa shape index (κ1) is 26.8. The van der Waals surface area contributed by atoms with E-state index in [0.717, 1.165) is 30.8 Å². The SMILES string of the molecule is C[C@@H]1CN([C@H](c2cccc(O)c2)c2cccc(C(=O)N(C)c3cccc(F)c3)c2)[C@@H](C)CN1CCCF. The molecule has 0 unspecified atom stereocenters. The van der Waals surface area contributed by atoms with Crippen molar-refractivity contribution in [2.45, 2.75) is 38.4 Å². The van der Waals surface area contributed by atoms with Crippen molar-refractivity contribution in [1.29, 1.82) is 0 Å². The fourth-order valence-corrected chi connectivity index (χ4v) is 5.27. The van der Waals surface area contributed by atoms with Gasteiger partial charge in [-0.15, -0.1) is 0 Å². The van der Waals surface area contributed by atoms with E-state index in [1.807, 2.05) is 30.3 Å². The highest BCUT2D eigenvalue weighted by Crippen LogP contribution is 2.35. The summed E-state index contributed by atoms with van der Waals surface area (Å²) in [4.78, 5) is 19.5. The molecule has 196 valence electrons. The highest BCUT2D eigenvalue weighted by Gasteiger charge is 2.35. The summed E-state index contributed by atoms with van der Waals surface area (Å²) >= 11 is 0. The van der Waals surface area contributed by atoms with Crippen LogP contribution < -0.4 is 4.90 Å². The molecule has 1 N–H and O–H groups in total. The van der Waals surface area contributed by atoms with Gasteiger partial charge in [0.1, 0.15) is 11.6 Å². The van der Waals surface area contributed by atoms with E-state index in [1.165, 1.54) is 17.0 Å². The number of piperazine rings is 1. The van der Waals surface area contributed by atoms with E-state index in [9.17, 15) is 18.7 Å². The van der Waals surface area contributed by atoms with Crippen LogP contribution in [0.1, 0.15) is 47.8 Å². The van der Waals surface area contributed by atoms with Crippen molar-refractivity contribution in [1.82, 2.24) is 9.80 Å². The van der Waals surface area contributed by atoms with Crippen LogP contribution in [0.4, 0.5) is 14.5 Å². The molecule has 1 saturated heterocycles. The van der Waals surface area contributed by atoms with E-state index in [2.05, 4.69) is 23.6 Å². The minimum absolute atomic E-state index is 0.164. The van der Waals surface area contributed by atoms with Gasteiger partial charge < -0.3 is 10.0 Å². The number of halogens is 2. The summed E-state index contributed by atoms with van der Waals surface area (Å²) in [6.45, 7) is 6.29. The number of rotatable bonds is 8. The Morgan fingerprint density at radius 1 is 1.00 bits per heavy atom. The van der Waals surface area contributed by atoms with Gasteiger partial charge in [-0.1, -0.05) is 30.3 Å². The van der Waals surface area contributed by atoms with Gasteiger partial charge in [-0.3, -0.25) is 19.0 Å². The molecule has 7 heteroatoms. The maximum Gasteiger partial charge on any atom is 0.258 e. The highest BCUT2D eigenvalue weighted by atomic mass is 19.1. The number of hydrogen-bond acceptors (Lipinski definition) is 4. The van der Waals surface area contributed by atoms with Gasteiger partial charge in [0.15, 0.2) is 0 Å². The van der Waals surface area contributed by atoms with Gasteiger partial charge in [-0.05, 0) is 73.9 Å². The van der Waals surface area contributed by atoms with Crippen molar-refractivity contribution >= 4 is 11.6 Å². The van der Waals surface area contributed by atoms with Crippen LogP contribution in [0, 0.1) is 5.82 Å². The zero-order chi connectivity index (χ0) is 26.5. The van der Waals surface area contributed by atoms with Gasteiger partial charge in [0, 0.05) is 50.0 Å². The van der Waals surface area contributed by atoms with E-state index >= 15 is 0 Å². The summed E-state index contributed by atoms with van der Waals surface area (Å²) in [5.74, 6) is -0.453. The number of benzene rings is 3. The average Bonchev–Trinajstić information content (AvgIpc) is 2.89. The van der Waals surface area contributed by atoms with E-state index in [-0.39, 0.29) is 36.5 Å². The molecule has 3 aromatic carbocycles. The van der Waals surface area contributed by atoms with Crippen LogP contribution in [0.5, 0.6) is 5.75 Å². The highest BCUT2D eigenvalue weighted by molar-refractivity contribution is 6.05. The molecule has 4 rings (SSSR count). The minimum atomic E-state index is -0.399. The molecular weight excluding hydrogens is 472 g/mol. The number of phenols is 1. The fraction of sp³-hybridized carbons (Fsp3) is 0.367. The van der Waals surface area contributed by atoms with Crippen LogP contribution in [0.2, 0.25) is 0 Å². The molecule has 0 saturated carbocycles. The zero-order valence-corrected chi connectivity index (χ0v) is 21.6. The monoisotopic (exact) mass is 507 g/mol. The molecule has 37 heavy (non-hydrogen) atoms. The van der Waals surface area contributed by atoms with Gasteiger partial charge in [0.05, 0.1) is 12.7 Å². The zero-order valence-electron chi connectivity index (χ0n) is 21.6. The van der Waals surface area contributed by atoms with Crippen molar-refractivity contribution < 1.29 is 18.7 Å². The Balaban J connectivity index is 1.68. The van der Waals surface area contributed by atoms with E-state index in [0.29, 0.717) is 17.7 Å². The third-order valence-electron chi connectivity index (χ3n) is 7.21. The maximum absolute atomic E-state index is 13.8. The third kappa shape index (κ3) is 6.17. The van der Waals surface area contributed by atoms with Crippen LogP contribution >= 0.6 is 0 Å². The number of amides is 1. The standard InChI is InChI=1S/C30H35F2N3O2/c1-21-20-35(22(2)19-34(21)15-7-14-31)29(24-9-5-13-28(36)17-24)23-8-4-10-25(16-23)30(37)33(3)27-12-6-11-26(32)18-27/h4-6,8-13,16-18,21-22,29,36H,7,14-15,19-20H2,1-3H3/t21-,22+,29+/m1/s1. The van der Waals surface area contributed by atoms with Gasteiger partial charge in [-0.25, -0.2) is 4.39 Å². The lowest BCUT2D eigenvalue weighted by Crippen LogP contribution is -2.57. The lowest BCUT2D eigenvalue weighted by atomic mass is 9.92. The fourth-order valence-electron chi connectivity index (χ4n) is 5.27. The molecule has 0 aromatic heterocycles. The number of hydrogen-bond donors (Lipinski definition) is 1. The van der Waals surface area contributed by atoms with Crippen LogP contribution in [-0.2, 0) is 0 Å². The topological polar surface area (TPSA) is 47.0 Å². The molecule has 0 radical (unpaired) electrons. The first-order valence-corrected chi connectivity index (χ1v) is 12.8. The number of anilines is 1. The van der Waals surface area contributed by atoms with Gasteiger partial charge in [0.2, 0.25) is 0 Å². The van der Waals surface area contributed by atoms with Crippen molar-refractivity contribution in [3.8, 4) is 5.75 Å². The number of carbonyl (C=O) groups is 1. The molecule has 0 spiro atoms. The molecular formula is C30H35F2N3O2. The first-order valence-electron chi connectivity index (χ1n) is 12.8. The Hall–Kier alpha value is -3.29. The normalized spacial score (nSPS) is 19.5. The van der Waals surface area contributed by atoms with E-state index < -0.39 is 5.82 Å². The number of phenolic OH excluding ortho intramolecular Hbond substituents is 1. The second-order valence-electron chi connectivity index (χ2n) is 9.90. The Labute approximate surface area is 217 Å². The second-order valence-corrected chi connectivity index (χ2v) is 9.90. The van der Waals surface area contributed by atoms with Gasteiger partial charge >= 0.3 is 0 Å². The Kier molecular flexibility index (Phi) is 8.56. The van der Waals surface area contributed by atoms with E-state index in [1.54, 1.807) is 37.4 Å². The quantitative estimate of drug-likeness (QED) is 0.428. The largest absolute Gasteiger partial charge is 0.508 e. The van der Waals surface area contributed by atoms with Crippen LogP contribution in [0.25, 0.3) is 0 Å². The van der Waals surface area contributed by atoms with E-state index in [4.69, 9.17) is 0 Å². The number of alkyl halides is 1. The van der Waals surface area contributed by atoms with Crippen LogP contribution in [0.15, 0.2) is 72.8 Å². The number of nitrogens with zero attached hydrogens (tertiary/aromatic N) is 3. The summed E-state index contributed by atoms with van der Waals surface area (Å²) < 4.78 is 26.6. The lowest BCUT2D eigenvalue weighted by Gasteiger charge is -2.47. The molecule has 1 aliphatic rings. The van der Waals surface area contributed by atoms with Gasteiger partial charge in [0.25, 0.3) is 5.91 Å². The molecule has 1 amide bonds. The molecule has 1 aliphatic heterocycles. The summed E-state index contributed by atoms with van der Waals surface area (Å²) in [7, 11) is 1.64. The van der Waals surface area contributed by atoms with Crippen molar-refractivity contribution in [3.63, 3.8) is 0 Å². The molecule has 1 fully saturated rings. The summed E-state index contributed by atoms with van der Waals surface area (Å²) in [6.07, 6.45) is 0.524. The summed E-state index contributed by atoms with van der Waals surface area (Å²) in [5, 5.41) is 10.3. The molecule has 1 heterocycles. The average molecular weight is 508 g/mol. The first-order chi connectivity index (χ1) is 17.8. The summed E-state index contributed by atoms with van der Waals surface area (Å²) in [5.41, 5.74) is 2.84. The Morgan fingerprint density at radius 2 is 1.70 bits per heavy atom. The van der Waals surface area contributed by atoms with Gasteiger partial charge in [-0.2, -0.15) is 0 Å². The molecule has 3 aromatic rings. The van der Waals surface area contributed by atoms with Crippen LogP contribution in [0.3, 0.4) is 0 Å². The van der Waals surface area contributed by atoms with Crippen LogP contribution in [-0.4, -0.2) is 66.3 Å². The third-order valence-corrected chi connectivity index (χ3v) is 7.21. The molecule has 3 atom stereocenters. The summed E-state index contributed by atoms with van der Waals surface area (Å²) in [6, 6.07) is 20.9. The molecule has 0 bridgehead atoms. The molecule has 0 aliphatic carbocycles. The van der Waals surface area contributed by atoms with Crippen molar-refractivity contribution in [2.75, 3.05) is 38.3 Å². The predicted octanol–water partition coefficient (Wildman–Crippen LogP) is 5.65. The predicted molar refractivity (Wildman–Crippen MR) is 143 cm³/mol. The Morgan fingerprint density at radius 3 is 2.41 bits per heavy atom. The maximum atomic E-state index is 13.8. The number of carbonyl (C=O) groups excluding carboxylic acids is 1. The Bertz CT molecular complexity index is 1220. The lowest BCUT2D eigenvalue weighted by molar-refractivity contribution is 0.0226. The van der Waals surface area contributed by atoms with Crippen molar-refractivity contribution in [3.05, 3.63) is 95.3 Å². The second kappa shape index (κ2) is 11.8. The molecule has 5 nitrogen and oxygen atoms in total. The smallest absolute Gasteiger partial charge is 0.258 e.